The highest BCUT2D eigenvalue weighted by molar-refractivity contribution is 7.89. The molecule has 3 rings (SSSR count). The maximum absolute atomic E-state index is 13.6. The molecule has 0 radical (unpaired) electrons. The van der Waals surface area contributed by atoms with E-state index in [1.54, 1.807) is 0 Å². The van der Waals surface area contributed by atoms with Crippen LogP contribution in [0.4, 0.5) is 18.9 Å². The summed E-state index contributed by atoms with van der Waals surface area (Å²) in [4.78, 5) is 12.3. The first-order valence-electron chi connectivity index (χ1n) is 8.29. The number of amides is 1. The van der Waals surface area contributed by atoms with Gasteiger partial charge in [-0.05, 0) is 49.2 Å². The van der Waals surface area contributed by atoms with E-state index in [1.807, 2.05) is 0 Å². The van der Waals surface area contributed by atoms with Gasteiger partial charge in [0.15, 0.2) is 0 Å². The van der Waals surface area contributed by atoms with Crippen molar-refractivity contribution in [1.29, 1.82) is 0 Å². The highest BCUT2D eigenvalue weighted by Gasteiger charge is 2.32. The van der Waals surface area contributed by atoms with Crippen LogP contribution in [-0.2, 0) is 14.8 Å². The Kier molecular flexibility index (Phi) is 5.52. The van der Waals surface area contributed by atoms with Crippen LogP contribution < -0.4 is 5.32 Å². The molecule has 1 amide bonds. The molecule has 0 atom stereocenters. The van der Waals surface area contributed by atoms with Crippen molar-refractivity contribution in [2.75, 3.05) is 18.4 Å². The monoisotopic (exact) mass is 398 g/mol. The Morgan fingerprint density at radius 2 is 1.56 bits per heavy atom. The van der Waals surface area contributed by atoms with Gasteiger partial charge in [0.25, 0.3) is 0 Å². The Balaban J connectivity index is 1.63. The van der Waals surface area contributed by atoms with Gasteiger partial charge < -0.3 is 5.32 Å². The predicted octanol–water partition coefficient (Wildman–Crippen LogP) is 3.14. The Morgan fingerprint density at radius 3 is 2.19 bits per heavy atom. The molecule has 5 nitrogen and oxygen atoms in total. The first kappa shape index (κ1) is 19.4. The van der Waals surface area contributed by atoms with Gasteiger partial charge in [0.05, 0.1) is 10.6 Å². The average molecular weight is 398 g/mol. The number of hydrogen-bond donors (Lipinski definition) is 1. The SMILES string of the molecule is O=C(Nc1cc(F)ccc1F)C1CCN(S(=O)(=O)c2ccc(F)cc2)CC1. The van der Waals surface area contributed by atoms with Crippen LogP contribution in [0.25, 0.3) is 0 Å². The number of carbonyl (C=O) groups is 1. The van der Waals surface area contributed by atoms with Gasteiger partial charge >= 0.3 is 0 Å². The largest absolute Gasteiger partial charge is 0.323 e. The van der Waals surface area contributed by atoms with Gasteiger partial charge in [-0.1, -0.05) is 0 Å². The summed E-state index contributed by atoms with van der Waals surface area (Å²) in [7, 11) is -3.77. The molecule has 1 fully saturated rings. The van der Waals surface area contributed by atoms with Crippen LogP contribution in [0.1, 0.15) is 12.8 Å². The third-order valence-electron chi connectivity index (χ3n) is 4.46. The van der Waals surface area contributed by atoms with Crippen LogP contribution in [0, 0.1) is 23.4 Å². The lowest BCUT2D eigenvalue weighted by Crippen LogP contribution is -2.41. The summed E-state index contributed by atoms with van der Waals surface area (Å²) in [5.74, 6) is -2.97. The number of hydrogen-bond acceptors (Lipinski definition) is 3. The molecule has 1 heterocycles. The molecule has 0 unspecified atom stereocenters. The van der Waals surface area contributed by atoms with Crippen LogP contribution in [-0.4, -0.2) is 31.7 Å². The number of nitrogens with one attached hydrogen (secondary N) is 1. The van der Waals surface area contributed by atoms with E-state index in [2.05, 4.69) is 5.32 Å². The van der Waals surface area contributed by atoms with Gasteiger partial charge in [0.2, 0.25) is 15.9 Å². The summed E-state index contributed by atoms with van der Waals surface area (Å²) in [6.07, 6.45) is 0.479. The van der Waals surface area contributed by atoms with E-state index in [0.717, 1.165) is 30.3 Å². The Morgan fingerprint density at radius 1 is 0.963 bits per heavy atom. The maximum Gasteiger partial charge on any atom is 0.243 e. The molecule has 1 aliphatic rings. The van der Waals surface area contributed by atoms with E-state index in [-0.39, 0.29) is 36.5 Å². The molecule has 144 valence electrons. The minimum absolute atomic E-state index is 0.0198. The maximum atomic E-state index is 13.6. The lowest BCUT2D eigenvalue weighted by molar-refractivity contribution is -0.120. The number of sulfonamides is 1. The van der Waals surface area contributed by atoms with Crippen molar-refractivity contribution >= 4 is 21.6 Å². The van der Waals surface area contributed by atoms with Gasteiger partial charge in [0, 0.05) is 25.1 Å². The first-order valence-corrected chi connectivity index (χ1v) is 9.73. The fourth-order valence-electron chi connectivity index (χ4n) is 2.94. The average Bonchev–Trinajstić information content (AvgIpc) is 2.65. The van der Waals surface area contributed by atoms with Crippen molar-refractivity contribution in [3.8, 4) is 0 Å². The Labute approximate surface area is 154 Å². The number of benzene rings is 2. The Hall–Kier alpha value is -2.39. The molecular weight excluding hydrogens is 381 g/mol. The second-order valence-electron chi connectivity index (χ2n) is 6.25. The number of carbonyl (C=O) groups excluding carboxylic acids is 1. The van der Waals surface area contributed by atoms with Gasteiger partial charge in [-0.15, -0.1) is 0 Å². The number of halogens is 3. The lowest BCUT2D eigenvalue weighted by Gasteiger charge is -2.30. The molecule has 27 heavy (non-hydrogen) atoms. The number of nitrogens with zero attached hydrogens (tertiary/aromatic N) is 1. The zero-order chi connectivity index (χ0) is 19.6. The van der Waals surface area contributed by atoms with Crippen molar-refractivity contribution < 1.29 is 26.4 Å². The van der Waals surface area contributed by atoms with Crippen molar-refractivity contribution in [1.82, 2.24) is 4.31 Å². The van der Waals surface area contributed by atoms with Gasteiger partial charge in [-0.2, -0.15) is 4.31 Å². The zero-order valence-electron chi connectivity index (χ0n) is 14.2. The summed E-state index contributed by atoms with van der Waals surface area (Å²) in [6.45, 7) is 0.201. The summed E-state index contributed by atoms with van der Waals surface area (Å²) in [5.41, 5.74) is -0.249. The predicted molar refractivity (Wildman–Crippen MR) is 92.9 cm³/mol. The third kappa shape index (κ3) is 4.30. The highest BCUT2D eigenvalue weighted by atomic mass is 32.2. The third-order valence-corrected chi connectivity index (χ3v) is 6.38. The smallest absolute Gasteiger partial charge is 0.243 e. The molecule has 0 aliphatic carbocycles. The van der Waals surface area contributed by atoms with Gasteiger partial charge in [-0.25, -0.2) is 21.6 Å². The van der Waals surface area contributed by atoms with Crippen LogP contribution in [0.5, 0.6) is 0 Å². The van der Waals surface area contributed by atoms with Crippen molar-refractivity contribution in [2.24, 2.45) is 5.92 Å². The van der Waals surface area contributed by atoms with Crippen LogP contribution in [0.3, 0.4) is 0 Å². The molecule has 9 heteroatoms. The fraction of sp³-hybridized carbons (Fsp3) is 0.278. The molecule has 1 N–H and O–H groups in total. The molecule has 0 aromatic heterocycles. The zero-order valence-corrected chi connectivity index (χ0v) is 15.0. The van der Waals surface area contributed by atoms with E-state index in [0.29, 0.717) is 0 Å². The van der Waals surface area contributed by atoms with E-state index < -0.39 is 39.3 Å². The molecule has 0 saturated carbocycles. The lowest BCUT2D eigenvalue weighted by atomic mass is 9.97. The molecule has 2 aromatic carbocycles. The summed E-state index contributed by atoms with van der Waals surface area (Å²) < 4.78 is 66.2. The number of piperidine rings is 1. The minimum Gasteiger partial charge on any atom is -0.323 e. The van der Waals surface area contributed by atoms with E-state index >= 15 is 0 Å². The molecular formula is C18H17F3N2O3S. The fourth-order valence-corrected chi connectivity index (χ4v) is 4.41. The quantitative estimate of drug-likeness (QED) is 0.861. The first-order chi connectivity index (χ1) is 12.8. The summed E-state index contributed by atoms with van der Waals surface area (Å²) in [6, 6.07) is 7.28. The normalized spacial score (nSPS) is 16.3. The van der Waals surface area contributed by atoms with Crippen LogP contribution in [0.2, 0.25) is 0 Å². The van der Waals surface area contributed by atoms with Crippen molar-refractivity contribution in [3.63, 3.8) is 0 Å². The van der Waals surface area contributed by atoms with Crippen molar-refractivity contribution in [3.05, 3.63) is 59.9 Å². The van der Waals surface area contributed by atoms with Crippen LogP contribution >= 0.6 is 0 Å². The standard InChI is InChI=1S/C18H17F3N2O3S/c19-13-1-4-15(5-2-13)27(25,26)23-9-7-12(8-10-23)18(24)22-17-11-14(20)3-6-16(17)21/h1-6,11-12H,7-10H2,(H,22,24). The Bertz CT molecular complexity index is 941. The number of anilines is 1. The topological polar surface area (TPSA) is 66.5 Å². The molecule has 0 spiro atoms. The van der Waals surface area contributed by atoms with Gasteiger partial charge in [-0.3, -0.25) is 4.79 Å². The number of rotatable bonds is 4. The molecule has 2 aromatic rings. The van der Waals surface area contributed by atoms with Crippen LogP contribution in [0.15, 0.2) is 47.4 Å². The summed E-state index contributed by atoms with van der Waals surface area (Å²) in [5, 5.41) is 2.35. The minimum atomic E-state index is -3.77. The van der Waals surface area contributed by atoms with Gasteiger partial charge in [0.1, 0.15) is 17.5 Å². The van der Waals surface area contributed by atoms with E-state index in [9.17, 15) is 26.4 Å². The second-order valence-corrected chi connectivity index (χ2v) is 8.18. The molecule has 0 bridgehead atoms. The van der Waals surface area contributed by atoms with Crippen molar-refractivity contribution in [2.45, 2.75) is 17.7 Å². The molecule has 1 saturated heterocycles. The van der Waals surface area contributed by atoms with E-state index in [4.69, 9.17) is 0 Å². The second kappa shape index (κ2) is 7.69. The highest BCUT2D eigenvalue weighted by Crippen LogP contribution is 2.25. The van der Waals surface area contributed by atoms with E-state index in [1.165, 1.54) is 16.4 Å². The summed E-state index contributed by atoms with van der Waals surface area (Å²) >= 11 is 0. The molecule has 1 aliphatic heterocycles.